The van der Waals surface area contributed by atoms with Gasteiger partial charge in [0.25, 0.3) is 0 Å². The molecular formula is C37H22BNO2S. The summed E-state index contributed by atoms with van der Waals surface area (Å²) in [7, 11) is -1.55. The van der Waals surface area contributed by atoms with Crippen molar-refractivity contribution >= 4 is 65.9 Å². The van der Waals surface area contributed by atoms with Gasteiger partial charge in [-0.15, -0.1) is 11.3 Å². The molecule has 0 fully saturated rings. The fourth-order valence-electron chi connectivity index (χ4n) is 8.04. The summed E-state index contributed by atoms with van der Waals surface area (Å²) in [6, 6.07) is 43.4. The summed E-state index contributed by atoms with van der Waals surface area (Å²) in [5.41, 5.74) is 10.6. The number of para-hydroxylation sites is 2. The van der Waals surface area contributed by atoms with Crippen LogP contribution in [0.3, 0.4) is 0 Å². The van der Waals surface area contributed by atoms with Crippen LogP contribution in [-0.4, -0.2) is 21.7 Å². The second kappa shape index (κ2) is 7.78. The highest BCUT2D eigenvalue weighted by Gasteiger charge is 2.51. The Hall–Kier alpha value is -4.68. The van der Waals surface area contributed by atoms with Crippen molar-refractivity contribution < 1.29 is 10.0 Å². The van der Waals surface area contributed by atoms with Gasteiger partial charge in [0.2, 0.25) is 0 Å². The molecule has 3 nitrogen and oxygen atoms in total. The molecule has 196 valence electrons. The molecule has 0 saturated heterocycles. The Balaban J connectivity index is 1.54. The minimum Gasteiger partial charge on any atom is -0.423 e. The molecule has 1 atom stereocenters. The maximum absolute atomic E-state index is 10.3. The minimum absolute atomic E-state index is 0.503. The van der Waals surface area contributed by atoms with Gasteiger partial charge in [-0.25, -0.2) is 0 Å². The lowest BCUT2D eigenvalue weighted by atomic mass is 9.64. The summed E-state index contributed by atoms with van der Waals surface area (Å²) in [5.74, 6) is 0. The SMILES string of the molecule is OB(O)c1ccc2c(c1)C1(c3ccccc3-2)c2ccccc2-n2c3ccccc3c3c4sc5ccccc5c4cc1c32. The molecule has 1 spiro atoms. The van der Waals surface area contributed by atoms with Crippen LogP contribution >= 0.6 is 11.3 Å². The Morgan fingerprint density at radius 2 is 1.31 bits per heavy atom. The lowest BCUT2D eigenvalue weighted by Crippen LogP contribution is -2.36. The largest absolute Gasteiger partial charge is 0.488 e. The fourth-order valence-corrected chi connectivity index (χ4v) is 9.28. The zero-order valence-corrected chi connectivity index (χ0v) is 23.2. The molecule has 0 saturated carbocycles. The van der Waals surface area contributed by atoms with Crippen molar-refractivity contribution in [1.29, 1.82) is 0 Å². The summed E-state index contributed by atoms with van der Waals surface area (Å²) in [6.07, 6.45) is 0. The van der Waals surface area contributed by atoms with Crippen LogP contribution in [0.15, 0.2) is 121 Å². The van der Waals surface area contributed by atoms with Crippen LogP contribution in [0.25, 0.3) is 58.8 Å². The van der Waals surface area contributed by atoms with Crippen LogP contribution in [0.1, 0.15) is 22.3 Å². The summed E-state index contributed by atoms with van der Waals surface area (Å²) >= 11 is 1.87. The van der Waals surface area contributed by atoms with E-state index in [0.29, 0.717) is 5.46 Å². The number of hydrogen-bond acceptors (Lipinski definition) is 3. The van der Waals surface area contributed by atoms with E-state index in [9.17, 15) is 10.0 Å². The predicted molar refractivity (Wildman–Crippen MR) is 174 cm³/mol. The van der Waals surface area contributed by atoms with E-state index in [1.165, 1.54) is 64.2 Å². The molecule has 10 rings (SSSR count). The predicted octanol–water partition coefficient (Wildman–Crippen LogP) is 7.51. The Morgan fingerprint density at radius 1 is 0.595 bits per heavy atom. The second-order valence-corrected chi connectivity index (χ2v) is 12.5. The van der Waals surface area contributed by atoms with Crippen molar-refractivity contribution in [3.63, 3.8) is 0 Å². The standard InChI is InChI=1S/C37H22BNO2S/c40-38(41)21-17-18-23-22-9-1-4-12-27(22)37(29(23)19-21)28-13-5-7-15-32(28)39-31-14-6-2-11-25(31)34-35(39)30(37)20-26-24-10-3-8-16-33(24)42-36(26)34/h1-20,40-41H. The van der Waals surface area contributed by atoms with Crippen LogP contribution in [0.5, 0.6) is 0 Å². The Kier molecular flexibility index (Phi) is 4.25. The minimum atomic E-state index is -1.55. The van der Waals surface area contributed by atoms with E-state index in [0.717, 1.165) is 16.8 Å². The Morgan fingerprint density at radius 3 is 2.19 bits per heavy atom. The first-order valence-corrected chi connectivity index (χ1v) is 15.1. The quantitative estimate of drug-likeness (QED) is 0.206. The monoisotopic (exact) mass is 555 g/mol. The van der Waals surface area contributed by atoms with Crippen molar-refractivity contribution in [2.45, 2.75) is 5.41 Å². The molecule has 2 N–H and O–H groups in total. The zero-order valence-electron chi connectivity index (χ0n) is 22.4. The fraction of sp³-hybridized carbons (Fsp3) is 0.0270. The van der Waals surface area contributed by atoms with Gasteiger partial charge in [0.05, 0.1) is 22.1 Å². The third-order valence-corrected chi connectivity index (χ3v) is 10.8. The summed E-state index contributed by atoms with van der Waals surface area (Å²) in [5, 5.41) is 25.8. The molecule has 6 aromatic carbocycles. The average molecular weight is 555 g/mol. The highest BCUT2D eigenvalue weighted by Crippen LogP contribution is 2.62. The van der Waals surface area contributed by atoms with Crippen molar-refractivity contribution in [1.82, 2.24) is 4.57 Å². The van der Waals surface area contributed by atoms with Crippen molar-refractivity contribution in [3.8, 4) is 16.8 Å². The smallest absolute Gasteiger partial charge is 0.423 e. The van der Waals surface area contributed by atoms with Gasteiger partial charge in [-0.2, -0.15) is 0 Å². The number of aromatic nitrogens is 1. The molecule has 1 aliphatic heterocycles. The van der Waals surface area contributed by atoms with Crippen LogP contribution in [0.4, 0.5) is 0 Å². The van der Waals surface area contributed by atoms with Gasteiger partial charge in [0.15, 0.2) is 0 Å². The van der Waals surface area contributed by atoms with Crippen molar-refractivity contribution in [2.75, 3.05) is 0 Å². The molecule has 2 aliphatic rings. The summed E-state index contributed by atoms with van der Waals surface area (Å²) in [6.45, 7) is 0. The van der Waals surface area contributed by atoms with E-state index in [-0.39, 0.29) is 0 Å². The summed E-state index contributed by atoms with van der Waals surface area (Å²) < 4.78 is 5.06. The number of rotatable bonds is 1. The molecule has 0 radical (unpaired) electrons. The van der Waals surface area contributed by atoms with Gasteiger partial charge < -0.3 is 14.6 Å². The van der Waals surface area contributed by atoms with Gasteiger partial charge in [-0.05, 0) is 63.1 Å². The molecule has 3 heterocycles. The van der Waals surface area contributed by atoms with Gasteiger partial charge in [0.1, 0.15) is 0 Å². The van der Waals surface area contributed by atoms with Gasteiger partial charge >= 0.3 is 7.12 Å². The molecule has 1 aliphatic carbocycles. The summed E-state index contributed by atoms with van der Waals surface area (Å²) in [4.78, 5) is 0. The number of hydrogen-bond donors (Lipinski definition) is 2. The zero-order chi connectivity index (χ0) is 27.7. The van der Waals surface area contributed by atoms with E-state index >= 15 is 0 Å². The van der Waals surface area contributed by atoms with Gasteiger partial charge in [-0.1, -0.05) is 97.1 Å². The second-order valence-electron chi connectivity index (χ2n) is 11.5. The first-order chi connectivity index (χ1) is 20.7. The highest BCUT2D eigenvalue weighted by molar-refractivity contribution is 7.26. The molecule has 8 aromatic rings. The first kappa shape index (κ1) is 22.9. The van der Waals surface area contributed by atoms with E-state index in [2.05, 4.69) is 114 Å². The highest BCUT2D eigenvalue weighted by atomic mass is 32.1. The third kappa shape index (κ3) is 2.53. The van der Waals surface area contributed by atoms with E-state index in [4.69, 9.17) is 0 Å². The molecular weight excluding hydrogens is 533 g/mol. The molecule has 0 bridgehead atoms. The Labute approximate surface area is 245 Å². The lowest BCUT2D eigenvalue weighted by molar-refractivity contribution is 0.425. The maximum Gasteiger partial charge on any atom is 0.488 e. The van der Waals surface area contributed by atoms with Crippen molar-refractivity contribution in [2.24, 2.45) is 0 Å². The lowest BCUT2D eigenvalue weighted by Gasteiger charge is -2.39. The normalized spacial score (nSPS) is 16.4. The topological polar surface area (TPSA) is 45.4 Å². The average Bonchev–Trinajstić information content (AvgIpc) is 3.67. The molecule has 0 amide bonds. The van der Waals surface area contributed by atoms with E-state index in [1.54, 1.807) is 0 Å². The number of benzene rings is 6. The number of thiophene rings is 1. The third-order valence-electron chi connectivity index (χ3n) is 9.60. The van der Waals surface area contributed by atoms with Crippen LogP contribution in [-0.2, 0) is 5.41 Å². The van der Waals surface area contributed by atoms with Gasteiger partial charge in [-0.3, -0.25) is 0 Å². The van der Waals surface area contributed by atoms with Crippen molar-refractivity contribution in [3.05, 3.63) is 144 Å². The van der Waals surface area contributed by atoms with E-state index in [1.807, 2.05) is 23.5 Å². The molecule has 2 aromatic heterocycles. The maximum atomic E-state index is 10.3. The number of fused-ring (bicyclic) bond motifs is 16. The Bertz CT molecular complexity index is 2470. The first-order valence-electron chi connectivity index (χ1n) is 14.3. The van der Waals surface area contributed by atoms with Crippen LogP contribution < -0.4 is 5.46 Å². The molecule has 42 heavy (non-hydrogen) atoms. The number of nitrogens with zero attached hydrogens (tertiary/aromatic N) is 1. The van der Waals surface area contributed by atoms with Crippen LogP contribution in [0.2, 0.25) is 0 Å². The van der Waals surface area contributed by atoms with E-state index < -0.39 is 12.5 Å². The molecule has 1 unspecified atom stereocenters. The molecule has 5 heteroatoms. The van der Waals surface area contributed by atoms with Gasteiger partial charge in [0, 0.05) is 30.9 Å². The van der Waals surface area contributed by atoms with Crippen LogP contribution in [0, 0.1) is 0 Å².